The number of rotatable bonds is 4. The maximum absolute atomic E-state index is 12.2. The van der Waals surface area contributed by atoms with Crippen LogP contribution in [-0.4, -0.2) is 22.0 Å². The summed E-state index contributed by atoms with van der Waals surface area (Å²) in [6.45, 7) is 1.90. The van der Waals surface area contributed by atoms with Crippen molar-refractivity contribution in [3.05, 3.63) is 50.5 Å². The number of aryl methyl sites for hydroxylation is 3. The average Bonchev–Trinajstić information content (AvgIpc) is 3.09. The number of nitrogens with one attached hydrogen (secondary N) is 1. The maximum Gasteiger partial charge on any atom is 0.347 e. The van der Waals surface area contributed by atoms with Gasteiger partial charge in [-0.05, 0) is 49.4 Å². The van der Waals surface area contributed by atoms with Gasteiger partial charge in [-0.25, -0.2) is 9.78 Å². The first-order chi connectivity index (χ1) is 10.5. The summed E-state index contributed by atoms with van der Waals surface area (Å²) in [5, 5.41) is 12.4. The van der Waals surface area contributed by atoms with Crippen molar-refractivity contribution in [2.45, 2.75) is 32.7 Å². The van der Waals surface area contributed by atoms with E-state index in [0.29, 0.717) is 16.3 Å². The zero-order valence-electron chi connectivity index (χ0n) is 12.2. The number of aromatic carboxylic acids is 1. The van der Waals surface area contributed by atoms with Crippen LogP contribution in [0.15, 0.2) is 18.2 Å². The summed E-state index contributed by atoms with van der Waals surface area (Å²) in [6, 6.07) is 5.82. The molecule has 0 spiro atoms. The van der Waals surface area contributed by atoms with E-state index in [-0.39, 0.29) is 17.3 Å². The molecule has 0 fully saturated rings. The van der Waals surface area contributed by atoms with E-state index in [1.807, 2.05) is 18.2 Å². The molecule has 0 radical (unpaired) electrons. The molecule has 1 amide bonds. The lowest BCUT2D eigenvalue weighted by Gasteiger charge is -2.05. The van der Waals surface area contributed by atoms with Crippen molar-refractivity contribution < 1.29 is 14.7 Å². The van der Waals surface area contributed by atoms with E-state index < -0.39 is 5.97 Å². The van der Waals surface area contributed by atoms with E-state index >= 15 is 0 Å². The predicted molar refractivity (Wildman–Crippen MR) is 83.4 cm³/mol. The Bertz CT molecular complexity index is 752. The van der Waals surface area contributed by atoms with E-state index in [1.54, 1.807) is 6.92 Å². The Labute approximate surface area is 132 Å². The van der Waals surface area contributed by atoms with Crippen LogP contribution in [0.1, 0.15) is 48.3 Å². The molecule has 2 N–H and O–H groups in total. The highest BCUT2D eigenvalue weighted by Gasteiger charge is 2.16. The molecule has 6 heteroatoms. The largest absolute Gasteiger partial charge is 0.477 e. The lowest BCUT2D eigenvalue weighted by molar-refractivity contribution is 0.0701. The number of hydrogen-bond acceptors (Lipinski definition) is 4. The molecule has 1 aromatic heterocycles. The summed E-state index contributed by atoms with van der Waals surface area (Å²) in [4.78, 5) is 27.6. The first-order valence-corrected chi connectivity index (χ1v) is 7.96. The zero-order valence-corrected chi connectivity index (χ0v) is 13.0. The smallest absolute Gasteiger partial charge is 0.347 e. The molecule has 1 heterocycles. The van der Waals surface area contributed by atoms with Gasteiger partial charge in [0.2, 0.25) is 0 Å². The Balaban J connectivity index is 1.67. The van der Waals surface area contributed by atoms with Crippen LogP contribution in [-0.2, 0) is 19.4 Å². The van der Waals surface area contributed by atoms with Crippen LogP contribution >= 0.6 is 11.3 Å². The number of benzene rings is 1. The Morgan fingerprint density at radius 1 is 1.32 bits per heavy atom. The van der Waals surface area contributed by atoms with Crippen LogP contribution < -0.4 is 5.32 Å². The fraction of sp³-hybridized carbons (Fsp3) is 0.312. The highest BCUT2D eigenvalue weighted by atomic mass is 32.1. The number of nitrogens with zero attached hydrogens (tertiary/aromatic N) is 1. The molecule has 0 saturated carbocycles. The third-order valence-corrected chi connectivity index (χ3v) is 4.94. The van der Waals surface area contributed by atoms with E-state index in [9.17, 15) is 9.59 Å². The second-order valence-electron chi connectivity index (χ2n) is 5.35. The van der Waals surface area contributed by atoms with Crippen LogP contribution in [0.5, 0.6) is 0 Å². The van der Waals surface area contributed by atoms with Crippen molar-refractivity contribution in [2.75, 3.05) is 0 Å². The number of amides is 1. The highest BCUT2D eigenvalue weighted by Crippen LogP contribution is 2.23. The summed E-state index contributed by atoms with van der Waals surface area (Å²) < 4.78 is 0. The summed E-state index contributed by atoms with van der Waals surface area (Å²) in [6.07, 6.45) is 3.27. The molecule has 22 heavy (non-hydrogen) atoms. The molecule has 2 aromatic rings. The van der Waals surface area contributed by atoms with Gasteiger partial charge in [0.05, 0.1) is 12.2 Å². The Hall–Kier alpha value is -2.21. The molecule has 1 aliphatic rings. The van der Waals surface area contributed by atoms with Gasteiger partial charge in [0.25, 0.3) is 5.91 Å². The van der Waals surface area contributed by atoms with Gasteiger partial charge in [0.1, 0.15) is 9.88 Å². The van der Waals surface area contributed by atoms with Crippen molar-refractivity contribution in [3.8, 4) is 0 Å². The van der Waals surface area contributed by atoms with Crippen LogP contribution in [0.25, 0.3) is 0 Å². The van der Waals surface area contributed by atoms with Crippen LogP contribution in [0.4, 0.5) is 0 Å². The summed E-state index contributed by atoms with van der Waals surface area (Å²) in [5.74, 6) is -1.13. The lowest BCUT2D eigenvalue weighted by atomic mass is 10.1. The standard InChI is InChI=1S/C16H16N2O3S/c1-9-14(16(20)21)22-13(18-9)8-17-15(19)12-6-5-10-3-2-4-11(10)7-12/h5-7H,2-4,8H2,1H3,(H,17,19)(H,20,21). The summed E-state index contributed by atoms with van der Waals surface area (Å²) in [5.41, 5.74) is 3.72. The van der Waals surface area contributed by atoms with E-state index in [1.165, 1.54) is 11.1 Å². The molecule has 5 nitrogen and oxygen atoms in total. The average molecular weight is 316 g/mol. The van der Waals surface area contributed by atoms with Gasteiger partial charge in [-0.2, -0.15) is 0 Å². The van der Waals surface area contributed by atoms with Crippen molar-refractivity contribution in [3.63, 3.8) is 0 Å². The molecule has 0 aliphatic heterocycles. The molecule has 3 rings (SSSR count). The molecule has 0 atom stereocenters. The van der Waals surface area contributed by atoms with Crippen molar-refractivity contribution >= 4 is 23.2 Å². The van der Waals surface area contributed by atoms with Crippen LogP contribution in [0, 0.1) is 6.92 Å². The first kappa shape index (κ1) is 14.7. The van der Waals surface area contributed by atoms with E-state index in [4.69, 9.17) is 5.11 Å². The van der Waals surface area contributed by atoms with Crippen LogP contribution in [0.2, 0.25) is 0 Å². The Morgan fingerprint density at radius 2 is 2.09 bits per heavy atom. The molecule has 114 valence electrons. The second-order valence-corrected chi connectivity index (χ2v) is 6.43. The molecule has 0 unspecified atom stereocenters. The monoisotopic (exact) mass is 316 g/mol. The van der Waals surface area contributed by atoms with E-state index in [0.717, 1.165) is 30.6 Å². The first-order valence-electron chi connectivity index (χ1n) is 7.14. The summed E-state index contributed by atoms with van der Waals surface area (Å²) in [7, 11) is 0. The normalized spacial score (nSPS) is 13.0. The number of thiazole rings is 1. The highest BCUT2D eigenvalue weighted by molar-refractivity contribution is 7.13. The van der Waals surface area contributed by atoms with Gasteiger partial charge >= 0.3 is 5.97 Å². The molecule has 0 bridgehead atoms. The van der Waals surface area contributed by atoms with Gasteiger partial charge in [0.15, 0.2) is 0 Å². The SMILES string of the molecule is Cc1nc(CNC(=O)c2ccc3c(c2)CCC3)sc1C(=O)O. The number of aromatic nitrogens is 1. The molecule has 0 saturated heterocycles. The topological polar surface area (TPSA) is 79.3 Å². The van der Waals surface area contributed by atoms with Crippen molar-refractivity contribution in [1.29, 1.82) is 0 Å². The second kappa shape index (κ2) is 5.88. The van der Waals surface area contributed by atoms with Crippen molar-refractivity contribution in [1.82, 2.24) is 10.3 Å². The molecular formula is C16H16N2O3S. The van der Waals surface area contributed by atoms with Gasteiger partial charge < -0.3 is 10.4 Å². The maximum atomic E-state index is 12.2. The van der Waals surface area contributed by atoms with Crippen LogP contribution in [0.3, 0.4) is 0 Å². The fourth-order valence-corrected chi connectivity index (χ4v) is 3.54. The molecule has 1 aliphatic carbocycles. The van der Waals surface area contributed by atoms with Gasteiger partial charge in [-0.1, -0.05) is 6.07 Å². The van der Waals surface area contributed by atoms with E-state index in [2.05, 4.69) is 10.3 Å². The lowest BCUT2D eigenvalue weighted by Crippen LogP contribution is -2.22. The number of carbonyl (C=O) groups is 2. The van der Waals surface area contributed by atoms with Crippen molar-refractivity contribution in [2.24, 2.45) is 0 Å². The third-order valence-electron chi connectivity index (χ3n) is 3.80. The minimum atomic E-state index is -0.980. The Morgan fingerprint density at radius 3 is 2.82 bits per heavy atom. The quantitative estimate of drug-likeness (QED) is 0.908. The minimum Gasteiger partial charge on any atom is -0.477 e. The van der Waals surface area contributed by atoms with Gasteiger partial charge in [-0.15, -0.1) is 11.3 Å². The fourth-order valence-electron chi connectivity index (χ4n) is 2.70. The molecular weight excluding hydrogens is 300 g/mol. The number of fused-ring (bicyclic) bond motifs is 1. The number of carboxylic acids is 1. The Kier molecular flexibility index (Phi) is 3.94. The summed E-state index contributed by atoms with van der Waals surface area (Å²) >= 11 is 1.10. The van der Waals surface area contributed by atoms with Gasteiger partial charge in [-0.3, -0.25) is 4.79 Å². The molecule has 1 aromatic carbocycles. The number of carbonyl (C=O) groups excluding carboxylic acids is 1. The number of hydrogen-bond donors (Lipinski definition) is 2. The predicted octanol–water partition coefficient (Wildman–Crippen LogP) is 2.57. The minimum absolute atomic E-state index is 0.153. The zero-order chi connectivity index (χ0) is 15.7. The van der Waals surface area contributed by atoms with Gasteiger partial charge in [0, 0.05) is 5.56 Å². The third kappa shape index (κ3) is 2.87. The number of carboxylic acid groups (broad SMARTS) is 1.